The van der Waals surface area contributed by atoms with Gasteiger partial charge in [-0.05, 0) is 55.2 Å². The predicted molar refractivity (Wildman–Crippen MR) is 171 cm³/mol. The van der Waals surface area contributed by atoms with Crippen LogP contribution in [0.3, 0.4) is 0 Å². The maximum atomic E-state index is 13.0. The number of alkyl halides is 1. The SMILES string of the molecule is C=C/C=C(\C=C(\Cl)CCl)CN(C(=N)CCc1c[nH]c2ccccc12)C(=N)[C@@H](CC(=C)C)NC(=O)Cc1ccccn1. The van der Waals surface area contributed by atoms with E-state index in [1.807, 2.05) is 37.4 Å². The number of pyridine rings is 1. The van der Waals surface area contributed by atoms with Crippen molar-refractivity contribution in [2.75, 3.05) is 12.4 Å². The van der Waals surface area contributed by atoms with Gasteiger partial charge in [0.15, 0.2) is 0 Å². The van der Waals surface area contributed by atoms with Crippen LogP contribution in [0.1, 0.15) is 31.0 Å². The van der Waals surface area contributed by atoms with Crippen LogP contribution < -0.4 is 5.32 Å². The molecular formula is C32H36Cl2N6O. The van der Waals surface area contributed by atoms with E-state index in [9.17, 15) is 10.2 Å². The van der Waals surface area contributed by atoms with Crippen molar-refractivity contribution in [3.63, 3.8) is 0 Å². The largest absolute Gasteiger partial charge is 0.361 e. The van der Waals surface area contributed by atoms with Gasteiger partial charge in [0, 0.05) is 40.4 Å². The Morgan fingerprint density at radius 1 is 1.22 bits per heavy atom. The molecule has 0 fully saturated rings. The summed E-state index contributed by atoms with van der Waals surface area (Å²) >= 11 is 12.2. The quantitative estimate of drug-likeness (QED) is 0.0537. The van der Waals surface area contributed by atoms with Gasteiger partial charge in [0.1, 0.15) is 11.7 Å². The molecule has 1 atom stereocenters. The van der Waals surface area contributed by atoms with Crippen molar-refractivity contribution in [2.24, 2.45) is 0 Å². The number of nitrogens with zero attached hydrogens (tertiary/aromatic N) is 2. The number of aryl methyl sites for hydroxylation is 1. The number of nitrogens with one attached hydrogen (secondary N) is 4. The molecule has 4 N–H and O–H groups in total. The molecule has 7 nitrogen and oxygen atoms in total. The van der Waals surface area contributed by atoms with E-state index in [-0.39, 0.29) is 36.4 Å². The number of aromatic amines is 1. The van der Waals surface area contributed by atoms with Crippen LogP contribution in [0.2, 0.25) is 0 Å². The van der Waals surface area contributed by atoms with Crippen LogP contribution in [-0.4, -0.2) is 50.9 Å². The Morgan fingerprint density at radius 2 is 1.98 bits per heavy atom. The second-order valence-electron chi connectivity index (χ2n) is 9.76. The predicted octanol–water partition coefficient (Wildman–Crippen LogP) is 6.92. The third-order valence-electron chi connectivity index (χ3n) is 6.35. The minimum absolute atomic E-state index is 0.0779. The maximum absolute atomic E-state index is 13.0. The average molecular weight is 592 g/mol. The molecule has 3 rings (SSSR count). The number of amidine groups is 2. The highest BCUT2D eigenvalue weighted by Crippen LogP contribution is 2.21. The molecule has 0 radical (unpaired) electrons. The number of aromatic nitrogens is 2. The molecular weight excluding hydrogens is 555 g/mol. The van der Waals surface area contributed by atoms with Crippen molar-refractivity contribution < 1.29 is 4.79 Å². The number of carbonyl (C=O) groups is 1. The molecule has 3 aromatic rings. The van der Waals surface area contributed by atoms with Gasteiger partial charge < -0.3 is 15.2 Å². The number of hydrogen-bond donors (Lipinski definition) is 4. The fourth-order valence-electron chi connectivity index (χ4n) is 4.44. The van der Waals surface area contributed by atoms with Crippen molar-refractivity contribution in [3.8, 4) is 0 Å². The number of para-hydroxylation sites is 1. The molecule has 214 valence electrons. The van der Waals surface area contributed by atoms with Crippen molar-refractivity contribution in [3.05, 3.63) is 114 Å². The van der Waals surface area contributed by atoms with Gasteiger partial charge in [-0.25, -0.2) is 0 Å². The fourth-order valence-corrected chi connectivity index (χ4v) is 4.66. The summed E-state index contributed by atoms with van der Waals surface area (Å²) in [6.45, 7) is 9.83. The molecule has 9 heteroatoms. The van der Waals surface area contributed by atoms with Gasteiger partial charge in [-0.1, -0.05) is 60.2 Å². The number of carbonyl (C=O) groups excluding carboxylic acids is 1. The lowest BCUT2D eigenvalue weighted by Gasteiger charge is -2.31. The van der Waals surface area contributed by atoms with Crippen LogP contribution in [0.15, 0.2) is 102 Å². The number of allylic oxidation sites excluding steroid dienone is 3. The zero-order valence-corrected chi connectivity index (χ0v) is 24.7. The van der Waals surface area contributed by atoms with Gasteiger partial charge >= 0.3 is 0 Å². The van der Waals surface area contributed by atoms with Crippen LogP contribution in [0.5, 0.6) is 0 Å². The zero-order valence-electron chi connectivity index (χ0n) is 23.2. The second-order valence-corrected chi connectivity index (χ2v) is 10.5. The van der Waals surface area contributed by atoms with Gasteiger partial charge in [-0.3, -0.25) is 20.6 Å². The minimum Gasteiger partial charge on any atom is -0.361 e. The van der Waals surface area contributed by atoms with E-state index in [1.54, 1.807) is 41.5 Å². The first kappa shape index (κ1) is 31.6. The van der Waals surface area contributed by atoms with Crippen molar-refractivity contribution >= 4 is 51.7 Å². The third kappa shape index (κ3) is 9.59. The lowest BCUT2D eigenvalue weighted by Crippen LogP contribution is -2.51. The van der Waals surface area contributed by atoms with E-state index in [2.05, 4.69) is 34.5 Å². The van der Waals surface area contributed by atoms with E-state index < -0.39 is 6.04 Å². The van der Waals surface area contributed by atoms with Crippen LogP contribution in [0.25, 0.3) is 10.9 Å². The van der Waals surface area contributed by atoms with Crippen LogP contribution in [0.4, 0.5) is 0 Å². The van der Waals surface area contributed by atoms with Crippen molar-refractivity contribution in [1.29, 1.82) is 10.8 Å². The van der Waals surface area contributed by atoms with Gasteiger partial charge in [0.2, 0.25) is 5.91 Å². The third-order valence-corrected chi connectivity index (χ3v) is 7.02. The summed E-state index contributed by atoms with van der Waals surface area (Å²) < 4.78 is 0. The maximum Gasteiger partial charge on any atom is 0.226 e. The summed E-state index contributed by atoms with van der Waals surface area (Å²) in [5, 5.41) is 22.8. The molecule has 0 unspecified atom stereocenters. The standard InChI is InChI=1S/C32H36Cl2N6O/c1-4-9-23(17-25(34)19-33)21-40(30(35)14-13-24-20-38-28-12-6-5-11-27(24)28)32(36)29(16-22(2)3)39-31(41)18-26-10-7-8-15-37-26/h4-12,15,17,20,29,35-36,38H,1-2,13-14,16,18-19,21H2,3H3,(H,39,41)/b23-9+,25-17+,35-30?,36-32?/t29-/m1/s1. The van der Waals surface area contributed by atoms with Gasteiger partial charge in [-0.2, -0.15) is 0 Å². The molecule has 0 aliphatic carbocycles. The van der Waals surface area contributed by atoms with Gasteiger partial charge in [0.25, 0.3) is 0 Å². The number of benzene rings is 1. The summed E-state index contributed by atoms with van der Waals surface area (Å²) in [6, 6.07) is 12.7. The Balaban J connectivity index is 1.88. The number of amides is 1. The molecule has 41 heavy (non-hydrogen) atoms. The molecule has 2 aromatic heterocycles. The van der Waals surface area contributed by atoms with Crippen LogP contribution in [-0.2, 0) is 17.6 Å². The first-order chi connectivity index (χ1) is 19.7. The average Bonchev–Trinajstić information content (AvgIpc) is 3.37. The fraction of sp³-hybridized carbons (Fsp3) is 0.250. The lowest BCUT2D eigenvalue weighted by atomic mass is 10.0. The normalized spacial score (nSPS) is 12.6. The van der Waals surface area contributed by atoms with E-state index in [0.717, 1.165) is 27.6 Å². The molecule has 0 aliphatic rings. The molecule has 0 spiro atoms. The Hall–Kier alpha value is -3.94. The number of fused-ring (bicyclic) bond motifs is 1. The molecule has 1 aromatic carbocycles. The molecule has 0 saturated carbocycles. The molecule has 0 aliphatic heterocycles. The summed E-state index contributed by atoms with van der Waals surface area (Å²) in [4.78, 5) is 22.1. The number of halogens is 2. The molecule has 1 amide bonds. The smallest absolute Gasteiger partial charge is 0.226 e. The van der Waals surface area contributed by atoms with Crippen molar-refractivity contribution in [1.82, 2.24) is 20.2 Å². The minimum atomic E-state index is -0.699. The topological polar surface area (TPSA) is 109 Å². The first-order valence-corrected chi connectivity index (χ1v) is 14.2. The Labute approximate surface area is 251 Å². The number of H-pyrrole nitrogens is 1. The summed E-state index contributed by atoms with van der Waals surface area (Å²) in [6.07, 6.45) is 10.1. The van der Waals surface area contributed by atoms with Gasteiger partial charge in [0.05, 0.1) is 24.9 Å². The number of rotatable bonds is 14. The monoisotopic (exact) mass is 590 g/mol. The summed E-state index contributed by atoms with van der Waals surface area (Å²) in [5.41, 5.74) is 4.28. The van der Waals surface area contributed by atoms with E-state index in [4.69, 9.17) is 28.6 Å². The van der Waals surface area contributed by atoms with E-state index in [1.165, 1.54) is 0 Å². The Morgan fingerprint density at radius 3 is 2.66 bits per heavy atom. The van der Waals surface area contributed by atoms with Gasteiger partial charge in [-0.15, -0.1) is 18.2 Å². The highest BCUT2D eigenvalue weighted by atomic mass is 35.5. The highest BCUT2D eigenvalue weighted by Gasteiger charge is 2.26. The van der Waals surface area contributed by atoms with E-state index >= 15 is 0 Å². The Bertz CT molecular complexity index is 1460. The number of hydrogen-bond acceptors (Lipinski definition) is 4. The van der Waals surface area contributed by atoms with Crippen LogP contribution in [0, 0.1) is 10.8 Å². The first-order valence-electron chi connectivity index (χ1n) is 13.3. The molecule has 0 bridgehead atoms. The molecule has 2 heterocycles. The lowest BCUT2D eigenvalue weighted by molar-refractivity contribution is -0.120. The molecule has 0 saturated heterocycles. The van der Waals surface area contributed by atoms with E-state index in [0.29, 0.717) is 30.0 Å². The summed E-state index contributed by atoms with van der Waals surface area (Å²) in [5.74, 6) is 0.178. The highest BCUT2D eigenvalue weighted by molar-refractivity contribution is 6.35. The van der Waals surface area contributed by atoms with Crippen molar-refractivity contribution in [2.45, 2.75) is 38.6 Å². The Kier molecular flexibility index (Phi) is 12.1. The zero-order chi connectivity index (χ0) is 29.8. The van der Waals surface area contributed by atoms with Crippen LogP contribution >= 0.6 is 23.2 Å². The summed E-state index contributed by atoms with van der Waals surface area (Å²) in [7, 11) is 0. The second kappa shape index (κ2) is 15.7.